The second-order valence-electron chi connectivity index (χ2n) is 4.96. The predicted octanol–water partition coefficient (Wildman–Crippen LogP) is 3.18. The molecule has 2 bridgehead atoms. The summed E-state index contributed by atoms with van der Waals surface area (Å²) >= 11 is 0. The van der Waals surface area contributed by atoms with Gasteiger partial charge in [-0.15, -0.1) is 0 Å². The van der Waals surface area contributed by atoms with Crippen molar-refractivity contribution in [3.05, 3.63) is 0 Å². The van der Waals surface area contributed by atoms with Crippen molar-refractivity contribution in [3.8, 4) is 0 Å². The van der Waals surface area contributed by atoms with E-state index in [-0.39, 0.29) is 0 Å². The van der Waals surface area contributed by atoms with Gasteiger partial charge in [0.25, 0.3) is 0 Å². The maximum atomic E-state index is 11.7. The Morgan fingerprint density at radius 1 is 1.15 bits per heavy atom. The number of hydrogen-bond donors (Lipinski definition) is 0. The average Bonchev–Trinajstić information content (AvgIpc) is 2.07. The summed E-state index contributed by atoms with van der Waals surface area (Å²) in [5.74, 6) is 2.39. The Morgan fingerprint density at radius 3 is 2.77 bits per heavy atom. The molecule has 0 aliphatic heterocycles. The molecule has 2 aliphatic carbocycles. The minimum Gasteiger partial charge on any atom is -0.299 e. The lowest BCUT2D eigenvalue weighted by molar-refractivity contribution is -0.128. The van der Waals surface area contributed by atoms with Gasteiger partial charge in [0.2, 0.25) is 0 Å². The van der Waals surface area contributed by atoms with E-state index in [1.807, 2.05) is 0 Å². The van der Waals surface area contributed by atoms with E-state index < -0.39 is 0 Å². The molecule has 2 fully saturated rings. The van der Waals surface area contributed by atoms with Gasteiger partial charge in [-0.2, -0.15) is 0 Å². The van der Waals surface area contributed by atoms with Gasteiger partial charge in [0.15, 0.2) is 0 Å². The van der Waals surface area contributed by atoms with Gasteiger partial charge in [-0.05, 0) is 24.7 Å². The minimum atomic E-state index is 0.370. The summed E-state index contributed by atoms with van der Waals surface area (Å²) in [6, 6.07) is 0. The van der Waals surface area contributed by atoms with Gasteiger partial charge >= 0.3 is 0 Å². The van der Waals surface area contributed by atoms with Crippen LogP contribution >= 0.6 is 0 Å². The molecular formula is C12H20O. The largest absolute Gasteiger partial charge is 0.299 e. The summed E-state index contributed by atoms with van der Waals surface area (Å²) in [6.07, 6.45) is 8.96. The van der Waals surface area contributed by atoms with Crippen LogP contribution in [-0.2, 0) is 4.79 Å². The van der Waals surface area contributed by atoms with Gasteiger partial charge in [0.1, 0.15) is 5.78 Å². The van der Waals surface area contributed by atoms with Crippen molar-refractivity contribution in [3.63, 3.8) is 0 Å². The van der Waals surface area contributed by atoms with E-state index in [0.29, 0.717) is 11.7 Å². The Balaban J connectivity index is 2.06. The Hall–Kier alpha value is -0.330. The van der Waals surface area contributed by atoms with E-state index in [2.05, 4.69) is 6.92 Å². The maximum Gasteiger partial charge on any atom is 0.136 e. The summed E-state index contributed by atoms with van der Waals surface area (Å²) in [7, 11) is 0. The third kappa shape index (κ3) is 1.95. The highest BCUT2D eigenvalue weighted by molar-refractivity contribution is 5.81. The molecule has 0 amide bonds. The third-order valence-corrected chi connectivity index (χ3v) is 4.03. The fourth-order valence-corrected chi connectivity index (χ4v) is 3.05. The van der Waals surface area contributed by atoms with Crippen molar-refractivity contribution >= 4 is 5.78 Å². The van der Waals surface area contributed by atoms with E-state index in [1.54, 1.807) is 0 Å². The molecule has 0 aromatic rings. The van der Waals surface area contributed by atoms with E-state index in [0.717, 1.165) is 18.3 Å². The molecule has 0 aromatic carbocycles. The van der Waals surface area contributed by atoms with Crippen molar-refractivity contribution in [1.82, 2.24) is 0 Å². The SMILES string of the molecule is CC1C(=O)C[C@H]2CCCCC[C@@H]1C2. The molecule has 3 atom stereocenters. The van der Waals surface area contributed by atoms with Crippen LogP contribution in [0.1, 0.15) is 51.9 Å². The molecular weight excluding hydrogens is 160 g/mol. The van der Waals surface area contributed by atoms with E-state index in [9.17, 15) is 4.79 Å². The van der Waals surface area contributed by atoms with E-state index in [1.165, 1.54) is 38.5 Å². The second kappa shape index (κ2) is 3.81. The Kier molecular flexibility index (Phi) is 2.71. The number of Topliss-reactive ketones (excluding diaryl/α,β-unsaturated/α-hetero) is 1. The van der Waals surface area contributed by atoms with Gasteiger partial charge in [-0.25, -0.2) is 0 Å². The predicted molar refractivity (Wildman–Crippen MR) is 53.5 cm³/mol. The van der Waals surface area contributed by atoms with E-state index >= 15 is 0 Å². The van der Waals surface area contributed by atoms with Crippen molar-refractivity contribution in [2.45, 2.75) is 51.9 Å². The number of rotatable bonds is 0. The van der Waals surface area contributed by atoms with Crippen LogP contribution in [0.2, 0.25) is 0 Å². The van der Waals surface area contributed by atoms with Crippen LogP contribution in [0, 0.1) is 17.8 Å². The first kappa shape index (κ1) is 9.23. The van der Waals surface area contributed by atoms with Gasteiger partial charge in [-0.3, -0.25) is 4.79 Å². The number of hydrogen-bond acceptors (Lipinski definition) is 1. The Labute approximate surface area is 80.9 Å². The molecule has 0 spiro atoms. The van der Waals surface area contributed by atoms with Crippen LogP contribution in [0.3, 0.4) is 0 Å². The fourth-order valence-electron chi connectivity index (χ4n) is 3.05. The quantitative estimate of drug-likeness (QED) is 0.559. The van der Waals surface area contributed by atoms with Crippen LogP contribution in [0.15, 0.2) is 0 Å². The van der Waals surface area contributed by atoms with Crippen molar-refractivity contribution in [2.75, 3.05) is 0 Å². The highest BCUT2D eigenvalue weighted by atomic mass is 16.1. The molecule has 74 valence electrons. The zero-order valence-corrected chi connectivity index (χ0v) is 8.59. The average molecular weight is 180 g/mol. The highest BCUT2D eigenvalue weighted by Gasteiger charge is 2.33. The lowest BCUT2D eigenvalue weighted by Gasteiger charge is -2.35. The Morgan fingerprint density at radius 2 is 1.92 bits per heavy atom. The number of ketones is 1. The fraction of sp³-hybridized carbons (Fsp3) is 0.917. The molecule has 13 heavy (non-hydrogen) atoms. The highest BCUT2D eigenvalue weighted by Crippen LogP contribution is 2.38. The molecule has 1 heteroatoms. The first-order valence-corrected chi connectivity index (χ1v) is 5.80. The topological polar surface area (TPSA) is 17.1 Å². The normalized spacial score (nSPS) is 41.0. The van der Waals surface area contributed by atoms with Gasteiger partial charge in [0.05, 0.1) is 0 Å². The van der Waals surface area contributed by atoms with Gasteiger partial charge < -0.3 is 0 Å². The molecule has 0 heterocycles. The first-order valence-electron chi connectivity index (χ1n) is 5.80. The molecule has 1 unspecified atom stereocenters. The summed E-state index contributed by atoms with van der Waals surface area (Å²) in [5.41, 5.74) is 0. The summed E-state index contributed by atoms with van der Waals surface area (Å²) in [6.45, 7) is 2.14. The molecule has 2 saturated carbocycles. The van der Waals surface area contributed by atoms with Crippen LogP contribution in [0.25, 0.3) is 0 Å². The third-order valence-electron chi connectivity index (χ3n) is 4.03. The van der Waals surface area contributed by atoms with Crippen molar-refractivity contribution in [2.24, 2.45) is 17.8 Å². The molecule has 0 saturated heterocycles. The van der Waals surface area contributed by atoms with Crippen LogP contribution in [0.5, 0.6) is 0 Å². The smallest absolute Gasteiger partial charge is 0.136 e. The standard InChI is InChI=1S/C12H20O/c1-9-11-6-4-2-3-5-10(7-11)8-12(9)13/h9-11H,2-8H2,1H3/t9?,10-,11+/m0/s1. The van der Waals surface area contributed by atoms with Crippen molar-refractivity contribution < 1.29 is 4.79 Å². The molecule has 0 radical (unpaired) electrons. The monoisotopic (exact) mass is 180 g/mol. The lowest BCUT2D eigenvalue weighted by Crippen LogP contribution is -2.32. The zero-order chi connectivity index (χ0) is 9.26. The van der Waals surface area contributed by atoms with Gasteiger partial charge in [-0.1, -0.05) is 32.6 Å². The first-order chi connectivity index (χ1) is 6.27. The van der Waals surface area contributed by atoms with Crippen LogP contribution < -0.4 is 0 Å². The molecule has 2 rings (SSSR count). The summed E-state index contributed by atoms with van der Waals surface area (Å²) in [4.78, 5) is 11.7. The second-order valence-corrected chi connectivity index (χ2v) is 4.96. The zero-order valence-electron chi connectivity index (χ0n) is 8.59. The summed E-state index contributed by atoms with van der Waals surface area (Å²) < 4.78 is 0. The number of carbonyl (C=O) groups is 1. The molecule has 2 aliphatic rings. The minimum absolute atomic E-state index is 0.370. The molecule has 0 aromatic heterocycles. The van der Waals surface area contributed by atoms with Crippen LogP contribution in [0.4, 0.5) is 0 Å². The lowest BCUT2D eigenvalue weighted by atomic mass is 9.69. The molecule has 1 nitrogen and oxygen atoms in total. The molecule has 0 N–H and O–H groups in total. The summed E-state index contributed by atoms with van der Waals surface area (Å²) in [5, 5.41) is 0. The van der Waals surface area contributed by atoms with E-state index in [4.69, 9.17) is 0 Å². The van der Waals surface area contributed by atoms with Gasteiger partial charge in [0, 0.05) is 12.3 Å². The number of carbonyl (C=O) groups excluding carboxylic acids is 1. The Bertz CT molecular complexity index is 197. The van der Waals surface area contributed by atoms with Crippen LogP contribution in [-0.4, -0.2) is 5.78 Å². The maximum absolute atomic E-state index is 11.7. The van der Waals surface area contributed by atoms with Crippen molar-refractivity contribution in [1.29, 1.82) is 0 Å². The number of fused-ring (bicyclic) bond motifs is 2.